The summed E-state index contributed by atoms with van der Waals surface area (Å²) in [4.78, 5) is 16.4. The Bertz CT molecular complexity index is 888. The van der Waals surface area contributed by atoms with Crippen LogP contribution in [0.3, 0.4) is 0 Å². The largest absolute Gasteiger partial charge is 0.339 e. The van der Waals surface area contributed by atoms with E-state index in [-0.39, 0.29) is 12.0 Å². The fourth-order valence-electron chi connectivity index (χ4n) is 3.47. The van der Waals surface area contributed by atoms with Gasteiger partial charge >= 0.3 is 0 Å². The Morgan fingerprint density at radius 1 is 1.20 bits per heavy atom. The molecule has 6 nitrogen and oxygen atoms in total. The van der Waals surface area contributed by atoms with Gasteiger partial charge in [0.1, 0.15) is 5.82 Å². The minimum Gasteiger partial charge on any atom is -0.339 e. The highest BCUT2D eigenvalue weighted by Gasteiger charge is 2.31. The van der Waals surface area contributed by atoms with Crippen molar-refractivity contribution in [2.75, 3.05) is 6.54 Å². The molecule has 0 aliphatic carbocycles. The lowest BCUT2D eigenvalue weighted by molar-refractivity contribution is 0.228. The van der Waals surface area contributed by atoms with Gasteiger partial charge in [-0.15, -0.1) is 0 Å². The predicted octanol–water partition coefficient (Wildman–Crippen LogP) is 3.78. The lowest BCUT2D eigenvalue weighted by Gasteiger charge is -2.21. The zero-order chi connectivity index (χ0) is 17.4. The van der Waals surface area contributed by atoms with Crippen molar-refractivity contribution in [2.45, 2.75) is 52.1 Å². The molecule has 0 bridgehead atoms. The number of hydrogen-bond donors (Lipinski definition) is 0. The van der Waals surface area contributed by atoms with Gasteiger partial charge in [-0.05, 0) is 32.4 Å². The molecule has 0 amide bonds. The van der Waals surface area contributed by atoms with Crippen LogP contribution in [0.25, 0.3) is 10.9 Å². The van der Waals surface area contributed by atoms with E-state index < -0.39 is 0 Å². The van der Waals surface area contributed by atoms with Crippen LogP contribution in [0.15, 0.2) is 28.8 Å². The number of fused-ring (bicyclic) bond motifs is 1. The number of likely N-dealkylation sites (tertiary alicyclic amines) is 1. The molecule has 2 aromatic heterocycles. The van der Waals surface area contributed by atoms with Crippen molar-refractivity contribution in [1.82, 2.24) is 25.0 Å². The highest BCUT2D eigenvalue weighted by Crippen LogP contribution is 2.32. The van der Waals surface area contributed by atoms with Gasteiger partial charge in [-0.1, -0.05) is 37.2 Å². The minimum absolute atomic E-state index is 0.187. The molecule has 130 valence electrons. The molecule has 1 aliphatic rings. The lowest BCUT2D eigenvalue weighted by atomic mass is 10.2. The standard InChI is InChI=1S/C19H23N5O/c1-12(2)19-22-18(23-25-19)16-9-6-10-24(16)11-17-20-13(3)14-7-4-5-8-15(14)21-17/h4-5,7-8,12,16H,6,9-11H2,1-3H3/t16-/m0/s1. The third-order valence-electron chi connectivity index (χ3n) is 4.80. The Morgan fingerprint density at radius 3 is 2.84 bits per heavy atom. The molecule has 1 fully saturated rings. The van der Waals surface area contributed by atoms with Gasteiger partial charge in [-0.2, -0.15) is 4.98 Å². The number of rotatable bonds is 4. The molecule has 6 heteroatoms. The number of hydrogen-bond acceptors (Lipinski definition) is 6. The van der Waals surface area contributed by atoms with Crippen molar-refractivity contribution in [3.05, 3.63) is 47.5 Å². The molecule has 0 saturated carbocycles. The molecule has 1 saturated heterocycles. The number of para-hydroxylation sites is 1. The van der Waals surface area contributed by atoms with Crippen LogP contribution >= 0.6 is 0 Å². The van der Waals surface area contributed by atoms with Crippen molar-refractivity contribution >= 4 is 10.9 Å². The predicted molar refractivity (Wildman–Crippen MR) is 95.0 cm³/mol. The van der Waals surface area contributed by atoms with E-state index in [1.807, 2.05) is 25.1 Å². The summed E-state index contributed by atoms with van der Waals surface area (Å²) in [6, 6.07) is 8.34. The zero-order valence-electron chi connectivity index (χ0n) is 14.9. The third kappa shape index (κ3) is 3.14. The molecule has 1 aliphatic heterocycles. The van der Waals surface area contributed by atoms with E-state index in [1.54, 1.807) is 0 Å². The Kier molecular flexibility index (Phi) is 4.21. The molecule has 0 radical (unpaired) electrons. The van der Waals surface area contributed by atoms with E-state index >= 15 is 0 Å². The minimum atomic E-state index is 0.187. The van der Waals surface area contributed by atoms with Gasteiger partial charge in [-0.25, -0.2) is 9.97 Å². The number of aryl methyl sites for hydroxylation is 1. The molecular formula is C19H23N5O. The summed E-state index contributed by atoms with van der Waals surface area (Å²) in [5, 5.41) is 5.32. The van der Waals surface area contributed by atoms with Crippen molar-refractivity contribution in [2.24, 2.45) is 0 Å². The average Bonchev–Trinajstić information content (AvgIpc) is 3.24. The van der Waals surface area contributed by atoms with Gasteiger partial charge in [0.2, 0.25) is 5.89 Å². The second-order valence-electron chi connectivity index (χ2n) is 7.02. The van der Waals surface area contributed by atoms with Crippen molar-refractivity contribution in [3.63, 3.8) is 0 Å². The quantitative estimate of drug-likeness (QED) is 0.721. The van der Waals surface area contributed by atoms with E-state index in [4.69, 9.17) is 14.5 Å². The first-order valence-electron chi connectivity index (χ1n) is 8.91. The normalized spacial score (nSPS) is 18.5. The first-order chi connectivity index (χ1) is 12.1. The summed E-state index contributed by atoms with van der Waals surface area (Å²) in [5.41, 5.74) is 2.03. The number of aromatic nitrogens is 4. The van der Waals surface area contributed by atoms with Crippen LogP contribution in [0.1, 0.15) is 61.9 Å². The number of benzene rings is 1. The van der Waals surface area contributed by atoms with Gasteiger partial charge < -0.3 is 4.52 Å². The maximum Gasteiger partial charge on any atom is 0.229 e. The Morgan fingerprint density at radius 2 is 2.04 bits per heavy atom. The van der Waals surface area contributed by atoms with Crippen molar-refractivity contribution in [1.29, 1.82) is 0 Å². The summed E-state index contributed by atoms with van der Waals surface area (Å²) >= 11 is 0. The van der Waals surface area contributed by atoms with E-state index in [0.29, 0.717) is 12.4 Å². The van der Waals surface area contributed by atoms with Gasteiger partial charge in [-0.3, -0.25) is 4.90 Å². The van der Waals surface area contributed by atoms with E-state index in [2.05, 4.69) is 35.0 Å². The van der Waals surface area contributed by atoms with E-state index in [0.717, 1.165) is 47.6 Å². The smallest absolute Gasteiger partial charge is 0.229 e. The van der Waals surface area contributed by atoms with E-state index in [9.17, 15) is 0 Å². The fourth-order valence-corrected chi connectivity index (χ4v) is 3.47. The van der Waals surface area contributed by atoms with Gasteiger partial charge in [0, 0.05) is 17.0 Å². The monoisotopic (exact) mass is 337 g/mol. The van der Waals surface area contributed by atoms with Gasteiger partial charge in [0.05, 0.1) is 18.1 Å². The second-order valence-corrected chi connectivity index (χ2v) is 7.02. The second kappa shape index (κ2) is 6.52. The first kappa shape index (κ1) is 16.1. The topological polar surface area (TPSA) is 67.9 Å². The molecular weight excluding hydrogens is 314 g/mol. The molecule has 4 rings (SSSR count). The zero-order valence-corrected chi connectivity index (χ0v) is 14.9. The Hall–Kier alpha value is -2.34. The molecule has 0 spiro atoms. The van der Waals surface area contributed by atoms with Crippen LogP contribution in [-0.4, -0.2) is 31.6 Å². The molecule has 1 atom stereocenters. The summed E-state index contributed by atoms with van der Waals surface area (Å²) in [6.45, 7) is 7.89. The fraction of sp³-hybridized carbons (Fsp3) is 0.474. The lowest BCUT2D eigenvalue weighted by Crippen LogP contribution is -2.25. The highest BCUT2D eigenvalue weighted by atomic mass is 16.5. The highest BCUT2D eigenvalue weighted by molar-refractivity contribution is 5.80. The summed E-state index contributed by atoms with van der Waals surface area (Å²) in [6.07, 6.45) is 2.17. The molecule has 0 unspecified atom stereocenters. The van der Waals surface area contributed by atoms with Crippen LogP contribution in [0.2, 0.25) is 0 Å². The van der Waals surface area contributed by atoms with Crippen LogP contribution in [-0.2, 0) is 6.54 Å². The summed E-state index contributed by atoms with van der Waals surface area (Å²) in [7, 11) is 0. The van der Waals surface area contributed by atoms with Crippen LogP contribution in [0.4, 0.5) is 0 Å². The van der Waals surface area contributed by atoms with Gasteiger partial charge in [0.15, 0.2) is 5.82 Å². The van der Waals surface area contributed by atoms with Crippen LogP contribution < -0.4 is 0 Å². The Balaban J connectivity index is 1.58. The first-order valence-corrected chi connectivity index (χ1v) is 8.91. The van der Waals surface area contributed by atoms with Crippen LogP contribution in [0, 0.1) is 6.92 Å². The van der Waals surface area contributed by atoms with E-state index in [1.165, 1.54) is 0 Å². The van der Waals surface area contributed by atoms with Crippen molar-refractivity contribution < 1.29 is 4.52 Å². The molecule has 0 N–H and O–H groups in total. The number of nitrogens with zero attached hydrogens (tertiary/aromatic N) is 5. The molecule has 1 aromatic carbocycles. The van der Waals surface area contributed by atoms with Crippen LogP contribution in [0.5, 0.6) is 0 Å². The van der Waals surface area contributed by atoms with Crippen molar-refractivity contribution in [3.8, 4) is 0 Å². The summed E-state index contributed by atoms with van der Waals surface area (Å²) in [5.74, 6) is 2.61. The Labute approximate surface area is 147 Å². The average molecular weight is 337 g/mol. The molecule has 25 heavy (non-hydrogen) atoms. The maximum absolute atomic E-state index is 5.39. The van der Waals surface area contributed by atoms with Gasteiger partial charge in [0.25, 0.3) is 0 Å². The third-order valence-corrected chi connectivity index (χ3v) is 4.80. The SMILES string of the molecule is Cc1nc(CN2CCC[C@H]2c2noc(C(C)C)n2)nc2ccccc12. The molecule has 3 heterocycles. The maximum atomic E-state index is 5.39. The summed E-state index contributed by atoms with van der Waals surface area (Å²) < 4.78 is 5.39. The molecule has 3 aromatic rings.